The fourth-order valence-corrected chi connectivity index (χ4v) is 3.16. The largest absolute Gasteiger partial charge is 0.506 e. The zero-order valence-corrected chi connectivity index (χ0v) is 14.6. The van der Waals surface area contributed by atoms with E-state index in [-0.39, 0.29) is 17.6 Å². The minimum atomic E-state index is -0.986. The maximum atomic E-state index is 12.2. The van der Waals surface area contributed by atoms with Crippen LogP contribution in [0.25, 0.3) is 21.4 Å². The number of ether oxygens (including phenoxy) is 1. The van der Waals surface area contributed by atoms with Gasteiger partial charge in [-0.1, -0.05) is 6.07 Å². The number of aromatic hydroxyl groups is 1. The summed E-state index contributed by atoms with van der Waals surface area (Å²) < 4.78 is 9.83. The second kappa shape index (κ2) is 7.40. The molecule has 0 aliphatic carbocycles. The van der Waals surface area contributed by atoms with Crippen LogP contribution in [0.4, 0.5) is 0 Å². The smallest absolute Gasteiger partial charge is 0.353 e. The summed E-state index contributed by atoms with van der Waals surface area (Å²) in [7, 11) is 0. The SMILES string of the molecule is CCOC(=O)CNC(=O)c1c(O)c2cc(-c3cccs3)ccc2oc1=O. The zero-order chi connectivity index (χ0) is 18.7. The van der Waals surface area contributed by atoms with Gasteiger partial charge in [-0.3, -0.25) is 9.59 Å². The monoisotopic (exact) mass is 373 g/mol. The van der Waals surface area contributed by atoms with Gasteiger partial charge in [-0.05, 0) is 42.1 Å². The van der Waals surface area contributed by atoms with E-state index >= 15 is 0 Å². The Labute approximate surface area is 151 Å². The molecule has 0 spiro atoms. The molecule has 0 saturated carbocycles. The van der Waals surface area contributed by atoms with Crippen molar-refractivity contribution in [2.75, 3.05) is 13.2 Å². The third kappa shape index (κ3) is 3.45. The summed E-state index contributed by atoms with van der Waals surface area (Å²) in [5.74, 6) is -2.05. The predicted molar refractivity (Wildman–Crippen MR) is 96.4 cm³/mol. The van der Waals surface area contributed by atoms with Crippen molar-refractivity contribution in [3.8, 4) is 16.2 Å². The lowest BCUT2D eigenvalue weighted by molar-refractivity contribution is -0.141. The van der Waals surface area contributed by atoms with Gasteiger partial charge in [0.05, 0.1) is 12.0 Å². The van der Waals surface area contributed by atoms with Crippen molar-refractivity contribution >= 4 is 34.2 Å². The predicted octanol–water partition coefficient (Wildman–Crippen LogP) is 2.52. The average molecular weight is 373 g/mol. The lowest BCUT2D eigenvalue weighted by Gasteiger charge is -2.08. The molecular formula is C18H15NO6S. The Bertz CT molecular complexity index is 1020. The molecule has 1 aromatic carbocycles. The van der Waals surface area contributed by atoms with Crippen LogP contribution in [0.3, 0.4) is 0 Å². The Hall–Kier alpha value is -3.13. The summed E-state index contributed by atoms with van der Waals surface area (Å²) in [4.78, 5) is 36.6. The highest BCUT2D eigenvalue weighted by molar-refractivity contribution is 7.13. The first-order valence-corrected chi connectivity index (χ1v) is 8.66. The van der Waals surface area contributed by atoms with E-state index in [1.54, 1.807) is 25.1 Å². The zero-order valence-electron chi connectivity index (χ0n) is 13.8. The highest BCUT2D eigenvalue weighted by Crippen LogP contribution is 2.32. The van der Waals surface area contributed by atoms with Crippen LogP contribution in [0.15, 0.2) is 44.9 Å². The number of hydrogen-bond donors (Lipinski definition) is 2. The topological polar surface area (TPSA) is 106 Å². The van der Waals surface area contributed by atoms with E-state index in [4.69, 9.17) is 9.15 Å². The molecule has 2 aromatic heterocycles. The quantitative estimate of drug-likeness (QED) is 0.526. The number of carbonyl (C=O) groups excluding carboxylic acids is 2. The number of fused-ring (bicyclic) bond motifs is 1. The van der Waals surface area contributed by atoms with Crippen LogP contribution in [0, 0.1) is 0 Å². The molecule has 1 amide bonds. The number of amides is 1. The van der Waals surface area contributed by atoms with Gasteiger partial charge in [0.1, 0.15) is 17.9 Å². The first kappa shape index (κ1) is 17.7. The van der Waals surface area contributed by atoms with E-state index in [0.29, 0.717) is 0 Å². The van der Waals surface area contributed by atoms with Crippen molar-refractivity contribution in [2.24, 2.45) is 0 Å². The van der Waals surface area contributed by atoms with Crippen molar-refractivity contribution in [3.05, 3.63) is 51.7 Å². The van der Waals surface area contributed by atoms with Gasteiger partial charge in [0, 0.05) is 4.88 Å². The van der Waals surface area contributed by atoms with Gasteiger partial charge >= 0.3 is 11.6 Å². The minimum absolute atomic E-state index is 0.162. The van der Waals surface area contributed by atoms with Crippen molar-refractivity contribution < 1.29 is 23.8 Å². The molecule has 0 atom stereocenters. The normalized spacial score (nSPS) is 10.7. The fourth-order valence-electron chi connectivity index (χ4n) is 2.44. The van der Waals surface area contributed by atoms with Crippen molar-refractivity contribution in [1.82, 2.24) is 5.32 Å². The third-order valence-corrected chi connectivity index (χ3v) is 4.53. The Morgan fingerprint density at radius 3 is 2.81 bits per heavy atom. The van der Waals surface area contributed by atoms with E-state index in [0.717, 1.165) is 10.4 Å². The molecule has 0 radical (unpaired) electrons. The van der Waals surface area contributed by atoms with Crippen LogP contribution in [-0.2, 0) is 9.53 Å². The Kier molecular flexibility index (Phi) is 5.04. The van der Waals surface area contributed by atoms with Gasteiger partial charge in [0.15, 0.2) is 5.56 Å². The van der Waals surface area contributed by atoms with Gasteiger partial charge in [-0.25, -0.2) is 4.79 Å². The highest BCUT2D eigenvalue weighted by Gasteiger charge is 2.22. The molecule has 8 heteroatoms. The van der Waals surface area contributed by atoms with E-state index < -0.39 is 35.4 Å². The van der Waals surface area contributed by atoms with Crippen LogP contribution >= 0.6 is 11.3 Å². The van der Waals surface area contributed by atoms with Crippen molar-refractivity contribution in [3.63, 3.8) is 0 Å². The molecule has 26 heavy (non-hydrogen) atoms. The second-order valence-corrected chi connectivity index (χ2v) is 6.24. The van der Waals surface area contributed by atoms with Gasteiger partial charge in [-0.15, -0.1) is 11.3 Å². The Morgan fingerprint density at radius 2 is 2.12 bits per heavy atom. The van der Waals surface area contributed by atoms with Crippen LogP contribution in [-0.4, -0.2) is 30.1 Å². The first-order chi connectivity index (χ1) is 12.5. The summed E-state index contributed by atoms with van der Waals surface area (Å²) >= 11 is 1.52. The summed E-state index contributed by atoms with van der Waals surface area (Å²) in [6.07, 6.45) is 0. The molecule has 3 aromatic rings. The van der Waals surface area contributed by atoms with Crippen LogP contribution in [0.5, 0.6) is 5.75 Å². The third-order valence-electron chi connectivity index (χ3n) is 3.61. The number of carbonyl (C=O) groups is 2. The van der Waals surface area contributed by atoms with Crippen LogP contribution in [0.2, 0.25) is 0 Å². The van der Waals surface area contributed by atoms with Crippen molar-refractivity contribution in [1.29, 1.82) is 0 Å². The Balaban J connectivity index is 1.99. The lowest BCUT2D eigenvalue weighted by atomic mass is 10.1. The van der Waals surface area contributed by atoms with E-state index in [1.165, 1.54) is 11.3 Å². The van der Waals surface area contributed by atoms with E-state index in [1.807, 2.05) is 17.5 Å². The van der Waals surface area contributed by atoms with Gasteiger partial charge in [0.2, 0.25) is 0 Å². The summed E-state index contributed by atoms with van der Waals surface area (Å²) in [5.41, 5.74) is -0.561. The van der Waals surface area contributed by atoms with Gasteiger partial charge in [-0.2, -0.15) is 0 Å². The molecule has 2 heterocycles. The summed E-state index contributed by atoms with van der Waals surface area (Å²) in [6.45, 7) is 1.39. The minimum Gasteiger partial charge on any atom is -0.506 e. The van der Waals surface area contributed by atoms with E-state index in [2.05, 4.69) is 5.32 Å². The highest BCUT2D eigenvalue weighted by atomic mass is 32.1. The summed E-state index contributed by atoms with van der Waals surface area (Å²) in [5, 5.41) is 14.8. The standard InChI is InChI=1S/C18H15NO6S/c1-2-24-14(20)9-19-17(22)15-16(21)11-8-10(13-4-3-7-26-13)5-6-12(11)25-18(15)23/h3-8,21H,2,9H2,1H3,(H,19,22). The van der Waals surface area contributed by atoms with Crippen molar-refractivity contribution in [2.45, 2.75) is 6.92 Å². The number of thiophene rings is 1. The van der Waals surface area contributed by atoms with Crippen LogP contribution in [0.1, 0.15) is 17.3 Å². The molecule has 0 aliphatic rings. The average Bonchev–Trinajstić information content (AvgIpc) is 3.14. The molecule has 0 bridgehead atoms. The molecular weight excluding hydrogens is 358 g/mol. The second-order valence-electron chi connectivity index (χ2n) is 5.29. The molecule has 0 aliphatic heterocycles. The number of benzene rings is 1. The molecule has 134 valence electrons. The summed E-state index contributed by atoms with van der Waals surface area (Å²) in [6, 6.07) is 8.77. The molecule has 2 N–H and O–H groups in total. The number of rotatable bonds is 5. The van der Waals surface area contributed by atoms with E-state index in [9.17, 15) is 19.5 Å². The Morgan fingerprint density at radius 1 is 1.31 bits per heavy atom. The number of hydrogen-bond acceptors (Lipinski definition) is 7. The number of esters is 1. The molecule has 3 rings (SSSR count). The molecule has 0 fully saturated rings. The lowest BCUT2D eigenvalue weighted by Crippen LogP contribution is -2.33. The molecule has 0 saturated heterocycles. The fraction of sp³-hybridized carbons (Fsp3) is 0.167. The first-order valence-electron chi connectivity index (χ1n) is 7.78. The number of nitrogens with one attached hydrogen (secondary N) is 1. The van der Waals surface area contributed by atoms with Gasteiger partial charge < -0.3 is 19.6 Å². The van der Waals surface area contributed by atoms with Gasteiger partial charge in [0.25, 0.3) is 5.91 Å². The molecule has 7 nitrogen and oxygen atoms in total. The maximum absolute atomic E-state index is 12.2. The maximum Gasteiger partial charge on any atom is 0.353 e. The van der Waals surface area contributed by atoms with Crippen LogP contribution < -0.4 is 10.9 Å². The molecule has 0 unspecified atom stereocenters.